The maximum Gasteiger partial charge on any atom is 0.225 e. The molecule has 0 aromatic heterocycles. The third-order valence-corrected chi connectivity index (χ3v) is 5.48. The second kappa shape index (κ2) is 6.73. The van der Waals surface area contributed by atoms with Crippen molar-refractivity contribution in [3.63, 3.8) is 0 Å². The van der Waals surface area contributed by atoms with Gasteiger partial charge in [-0.05, 0) is 37.5 Å². The number of hydrogen-bond donors (Lipinski definition) is 0. The van der Waals surface area contributed by atoms with Gasteiger partial charge in [0.2, 0.25) is 5.91 Å². The molecule has 0 atom stereocenters. The minimum atomic E-state index is 0.245. The Morgan fingerprint density at radius 1 is 1.14 bits per heavy atom. The van der Waals surface area contributed by atoms with Gasteiger partial charge in [0, 0.05) is 49.3 Å². The molecule has 2 heterocycles. The van der Waals surface area contributed by atoms with Gasteiger partial charge >= 0.3 is 0 Å². The van der Waals surface area contributed by atoms with Crippen molar-refractivity contribution in [3.05, 3.63) is 29.8 Å². The smallest absolute Gasteiger partial charge is 0.225 e. The number of carbonyl (C=O) groups is 1. The molecule has 1 aromatic rings. The predicted molar refractivity (Wildman–Crippen MR) is 90.0 cm³/mol. The normalized spacial score (nSPS) is 20.6. The third kappa shape index (κ3) is 3.54. The van der Waals surface area contributed by atoms with E-state index in [-0.39, 0.29) is 5.92 Å². The lowest BCUT2D eigenvalue weighted by Crippen LogP contribution is -2.45. The maximum atomic E-state index is 12.5. The average molecular weight is 304 g/mol. The standard InChI is InChI=1S/C17H24N2OS/c1-14-3-2-4-16(13-14)18-7-5-15(6-8-18)17(20)19-9-11-21-12-10-19/h2-4,13,15H,5-12H2,1H3. The van der Waals surface area contributed by atoms with Crippen molar-refractivity contribution in [2.75, 3.05) is 42.6 Å². The number of nitrogens with zero attached hydrogens (tertiary/aromatic N) is 2. The Morgan fingerprint density at radius 2 is 1.86 bits per heavy atom. The van der Waals surface area contributed by atoms with Crippen molar-refractivity contribution in [1.82, 2.24) is 4.90 Å². The summed E-state index contributed by atoms with van der Waals surface area (Å²) in [5.41, 5.74) is 2.60. The zero-order valence-corrected chi connectivity index (χ0v) is 13.6. The number of aryl methyl sites for hydroxylation is 1. The first-order valence-electron chi connectivity index (χ1n) is 7.92. The van der Waals surface area contributed by atoms with Crippen LogP contribution in [0.1, 0.15) is 18.4 Å². The van der Waals surface area contributed by atoms with Crippen molar-refractivity contribution in [2.45, 2.75) is 19.8 Å². The first-order chi connectivity index (χ1) is 10.2. The molecular formula is C17H24N2OS. The highest BCUT2D eigenvalue weighted by atomic mass is 32.2. The second-order valence-electron chi connectivity index (χ2n) is 6.04. The van der Waals surface area contributed by atoms with E-state index in [4.69, 9.17) is 0 Å². The summed E-state index contributed by atoms with van der Waals surface area (Å²) >= 11 is 1.96. The lowest BCUT2D eigenvalue weighted by atomic mass is 9.94. The van der Waals surface area contributed by atoms with Crippen LogP contribution in [0.15, 0.2) is 24.3 Å². The van der Waals surface area contributed by atoms with Gasteiger partial charge in [-0.1, -0.05) is 12.1 Å². The summed E-state index contributed by atoms with van der Waals surface area (Å²) in [6.07, 6.45) is 1.99. The number of anilines is 1. The van der Waals surface area contributed by atoms with E-state index in [9.17, 15) is 4.79 Å². The Labute approximate surface area is 131 Å². The summed E-state index contributed by atoms with van der Waals surface area (Å²) in [6.45, 7) is 6.03. The monoisotopic (exact) mass is 304 g/mol. The molecule has 114 valence electrons. The summed E-state index contributed by atoms with van der Waals surface area (Å²) in [4.78, 5) is 17.1. The van der Waals surface area contributed by atoms with Crippen LogP contribution in [0.25, 0.3) is 0 Å². The summed E-state index contributed by atoms with van der Waals surface area (Å²) in [6, 6.07) is 8.67. The van der Waals surface area contributed by atoms with E-state index in [1.165, 1.54) is 11.3 Å². The second-order valence-corrected chi connectivity index (χ2v) is 7.26. The minimum Gasteiger partial charge on any atom is -0.371 e. The van der Waals surface area contributed by atoms with Crippen LogP contribution < -0.4 is 4.90 Å². The Bertz CT molecular complexity index is 491. The fourth-order valence-corrected chi connectivity index (χ4v) is 4.15. The number of hydrogen-bond acceptors (Lipinski definition) is 3. The van der Waals surface area contributed by atoms with Crippen molar-refractivity contribution < 1.29 is 4.79 Å². The molecule has 2 aliphatic heterocycles. The molecule has 2 aliphatic rings. The van der Waals surface area contributed by atoms with E-state index in [0.29, 0.717) is 5.91 Å². The fraction of sp³-hybridized carbons (Fsp3) is 0.588. The molecule has 0 spiro atoms. The molecule has 2 fully saturated rings. The van der Waals surface area contributed by atoms with E-state index < -0.39 is 0 Å². The van der Waals surface area contributed by atoms with Gasteiger partial charge in [0.15, 0.2) is 0 Å². The molecule has 4 heteroatoms. The Hall–Kier alpha value is -1.16. The fourth-order valence-electron chi connectivity index (χ4n) is 3.25. The lowest BCUT2D eigenvalue weighted by Gasteiger charge is -2.36. The number of carbonyl (C=O) groups excluding carboxylic acids is 1. The molecule has 0 N–H and O–H groups in total. The van der Waals surface area contributed by atoms with E-state index >= 15 is 0 Å². The van der Waals surface area contributed by atoms with E-state index in [2.05, 4.69) is 41.0 Å². The van der Waals surface area contributed by atoms with Crippen LogP contribution in [-0.4, -0.2) is 48.5 Å². The highest BCUT2D eigenvalue weighted by molar-refractivity contribution is 7.99. The largest absolute Gasteiger partial charge is 0.371 e. The molecule has 21 heavy (non-hydrogen) atoms. The maximum absolute atomic E-state index is 12.5. The molecule has 0 unspecified atom stereocenters. The van der Waals surface area contributed by atoms with Gasteiger partial charge in [-0.25, -0.2) is 0 Å². The SMILES string of the molecule is Cc1cccc(N2CCC(C(=O)N3CCSCC3)CC2)c1. The third-order valence-electron chi connectivity index (χ3n) is 4.53. The zero-order valence-electron chi connectivity index (χ0n) is 12.8. The van der Waals surface area contributed by atoms with E-state index in [0.717, 1.165) is 50.5 Å². The molecule has 0 saturated carbocycles. The summed E-state index contributed by atoms with van der Waals surface area (Å²) in [5.74, 6) is 2.86. The zero-order chi connectivity index (χ0) is 14.7. The highest BCUT2D eigenvalue weighted by Crippen LogP contribution is 2.26. The van der Waals surface area contributed by atoms with Crippen LogP contribution in [0.4, 0.5) is 5.69 Å². The molecule has 2 saturated heterocycles. The number of thioether (sulfide) groups is 1. The predicted octanol–water partition coefficient (Wildman–Crippen LogP) is 2.79. The number of piperidine rings is 1. The van der Waals surface area contributed by atoms with Crippen molar-refractivity contribution in [2.24, 2.45) is 5.92 Å². The van der Waals surface area contributed by atoms with Gasteiger partial charge in [0.05, 0.1) is 0 Å². The topological polar surface area (TPSA) is 23.6 Å². The molecule has 3 nitrogen and oxygen atoms in total. The average Bonchev–Trinajstić information content (AvgIpc) is 2.55. The van der Waals surface area contributed by atoms with Gasteiger partial charge in [-0.2, -0.15) is 11.8 Å². The highest BCUT2D eigenvalue weighted by Gasteiger charge is 2.29. The Kier molecular flexibility index (Phi) is 4.73. The lowest BCUT2D eigenvalue weighted by molar-refractivity contribution is -0.135. The first-order valence-corrected chi connectivity index (χ1v) is 9.07. The van der Waals surface area contributed by atoms with Crippen molar-refractivity contribution >= 4 is 23.4 Å². The van der Waals surface area contributed by atoms with Gasteiger partial charge < -0.3 is 9.80 Å². The number of benzene rings is 1. The van der Waals surface area contributed by atoms with E-state index in [1.54, 1.807) is 0 Å². The molecule has 0 bridgehead atoms. The van der Waals surface area contributed by atoms with Crippen LogP contribution in [0.5, 0.6) is 0 Å². The Balaban J connectivity index is 1.56. The quantitative estimate of drug-likeness (QED) is 0.839. The number of rotatable bonds is 2. The summed E-state index contributed by atoms with van der Waals surface area (Å²) < 4.78 is 0. The molecule has 1 amide bonds. The van der Waals surface area contributed by atoms with Crippen LogP contribution in [0, 0.1) is 12.8 Å². The van der Waals surface area contributed by atoms with Gasteiger partial charge in [0.25, 0.3) is 0 Å². The summed E-state index contributed by atoms with van der Waals surface area (Å²) in [7, 11) is 0. The van der Waals surface area contributed by atoms with Crippen LogP contribution in [0.2, 0.25) is 0 Å². The van der Waals surface area contributed by atoms with Gasteiger partial charge in [-0.15, -0.1) is 0 Å². The molecular weight excluding hydrogens is 280 g/mol. The van der Waals surface area contributed by atoms with Crippen LogP contribution >= 0.6 is 11.8 Å². The van der Waals surface area contributed by atoms with Gasteiger partial charge in [-0.3, -0.25) is 4.79 Å². The van der Waals surface area contributed by atoms with Crippen LogP contribution in [-0.2, 0) is 4.79 Å². The van der Waals surface area contributed by atoms with Crippen LogP contribution in [0.3, 0.4) is 0 Å². The minimum absolute atomic E-state index is 0.245. The Morgan fingerprint density at radius 3 is 2.52 bits per heavy atom. The number of amides is 1. The first kappa shape index (κ1) is 14.8. The molecule has 0 radical (unpaired) electrons. The van der Waals surface area contributed by atoms with E-state index in [1.807, 2.05) is 11.8 Å². The summed E-state index contributed by atoms with van der Waals surface area (Å²) in [5, 5.41) is 0. The molecule has 3 rings (SSSR count). The van der Waals surface area contributed by atoms with Crippen molar-refractivity contribution in [3.8, 4) is 0 Å². The van der Waals surface area contributed by atoms with Gasteiger partial charge in [0.1, 0.15) is 0 Å². The molecule has 0 aliphatic carbocycles. The molecule has 1 aromatic carbocycles. The van der Waals surface area contributed by atoms with Crippen molar-refractivity contribution in [1.29, 1.82) is 0 Å².